The van der Waals surface area contributed by atoms with Crippen LogP contribution in [0.15, 0.2) is 30.7 Å². The van der Waals surface area contributed by atoms with E-state index in [0.717, 1.165) is 11.1 Å². The highest BCUT2D eigenvalue weighted by molar-refractivity contribution is 6.38. The van der Waals surface area contributed by atoms with Crippen molar-refractivity contribution < 1.29 is 15.0 Å². The minimum absolute atomic E-state index is 0.139. The van der Waals surface area contributed by atoms with Crippen LogP contribution in [-0.2, 0) is 4.79 Å². The molecule has 3 aromatic heterocycles. The van der Waals surface area contributed by atoms with Gasteiger partial charge >= 0.3 is 5.97 Å². The van der Waals surface area contributed by atoms with Crippen LogP contribution in [0.4, 0.5) is 5.95 Å². The molecule has 1 atom stereocenters. The quantitative estimate of drug-likeness (QED) is 0.383. The Labute approximate surface area is 205 Å². The maximum absolute atomic E-state index is 11.2. The monoisotopic (exact) mass is 488 g/mol. The summed E-state index contributed by atoms with van der Waals surface area (Å²) in [5.74, 6) is -0.645. The molecule has 3 N–H and O–H groups in total. The summed E-state index contributed by atoms with van der Waals surface area (Å²) in [6.45, 7) is 4.66. The molecule has 1 aromatic carbocycles. The maximum Gasteiger partial charge on any atom is 0.308 e. The minimum atomic E-state index is -0.815. The Morgan fingerprint density at radius 2 is 1.97 bits per heavy atom. The Bertz CT molecular complexity index is 1520. The molecule has 0 radical (unpaired) electrons. The predicted octanol–water partition coefficient (Wildman–Crippen LogP) is 4.45. The first-order valence-corrected chi connectivity index (χ1v) is 11.4. The topological polar surface area (TPSA) is 139 Å². The molecular weight excluding hydrogens is 468 g/mol. The van der Waals surface area contributed by atoms with Gasteiger partial charge in [-0.1, -0.05) is 17.7 Å². The molecule has 0 amide bonds. The molecule has 176 valence electrons. The highest BCUT2D eigenvalue weighted by Gasteiger charge is 2.29. The second kappa shape index (κ2) is 8.56. The number of pyridine rings is 1. The van der Waals surface area contributed by atoms with Crippen LogP contribution in [-0.4, -0.2) is 49.2 Å². The number of hydrogen-bond acceptors (Lipinski definition) is 7. The van der Waals surface area contributed by atoms with E-state index in [-0.39, 0.29) is 5.75 Å². The third-order valence-electron chi connectivity index (χ3n) is 6.53. The number of phenols is 1. The number of carbonyl (C=O) groups is 1. The zero-order valence-corrected chi connectivity index (χ0v) is 19.8. The molecule has 1 aliphatic rings. The number of halogens is 1. The summed E-state index contributed by atoms with van der Waals surface area (Å²) in [6, 6.07) is 5.69. The molecule has 1 fully saturated rings. The van der Waals surface area contributed by atoms with Gasteiger partial charge in [0, 0.05) is 42.8 Å². The number of carboxylic acids is 1. The van der Waals surface area contributed by atoms with E-state index in [2.05, 4.69) is 26.0 Å². The molecule has 9 nitrogen and oxygen atoms in total. The molecule has 0 unspecified atom stereocenters. The van der Waals surface area contributed by atoms with E-state index < -0.39 is 11.9 Å². The van der Waals surface area contributed by atoms with E-state index >= 15 is 0 Å². The van der Waals surface area contributed by atoms with Crippen LogP contribution in [0.5, 0.6) is 5.75 Å². The summed E-state index contributed by atoms with van der Waals surface area (Å²) in [5.41, 5.74) is 4.85. The highest BCUT2D eigenvalue weighted by Crippen LogP contribution is 2.41. The number of rotatable bonds is 4. The van der Waals surface area contributed by atoms with E-state index in [4.69, 9.17) is 11.6 Å². The van der Waals surface area contributed by atoms with Crippen molar-refractivity contribution in [2.24, 2.45) is 5.92 Å². The van der Waals surface area contributed by atoms with Crippen molar-refractivity contribution >= 4 is 34.6 Å². The number of aromatic nitrogens is 4. The van der Waals surface area contributed by atoms with Crippen LogP contribution in [0.2, 0.25) is 5.02 Å². The van der Waals surface area contributed by atoms with Crippen molar-refractivity contribution in [3.8, 4) is 34.2 Å². The zero-order valence-electron chi connectivity index (χ0n) is 19.0. The molecule has 0 saturated carbocycles. The lowest BCUT2D eigenvalue weighted by Gasteiger charge is -2.15. The number of hydrogen-bond donors (Lipinski definition) is 3. The summed E-state index contributed by atoms with van der Waals surface area (Å²) < 4.78 is 0. The number of anilines is 1. The number of nitrogens with one attached hydrogen (secondary N) is 1. The zero-order chi connectivity index (χ0) is 24.9. The first kappa shape index (κ1) is 22.6. The van der Waals surface area contributed by atoms with Crippen molar-refractivity contribution in [1.29, 1.82) is 5.26 Å². The summed E-state index contributed by atoms with van der Waals surface area (Å²) in [4.78, 5) is 29.6. The average molecular weight is 489 g/mol. The summed E-state index contributed by atoms with van der Waals surface area (Å²) in [5, 5.41) is 30.3. The van der Waals surface area contributed by atoms with Gasteiger partial charge < -0.3 is 20.1 Å². The lowest BCUT2D eigenvalue weighted by atomic mass is 9.92. The number of phenolic OH excluding ortho intramolecular Hbond substituents is 1. The molecule has 0 spiro atoms. The van der Waals surface area contributed by atoms with Gasteiger partial charge in [0.25, 0.3) is 0 Å². The fourth-order valence-corrected chi connectivity index (χ4v) is 4.97. The predicted molar refractivity (Wildman–Crippen MR) is 131 cm³/mol. The van der Waals surface area contributed by atoms with Gasteiger partial charge in [0.2, 0.25) is 5.95 Å². The Hall–Kier alpha value is -4.16. The SMILES string of the molecule is Cc1ccc(O)c(C)c1-c1cnc2[nH]c(-c3cnc(N4CC[C@@H](C(=O)O)C4)nc3)c(Cl)c2c1C#N. The van der Waals surface area contributed by atoms with E-state index in [0.29, 0.717) is 69.5 Å². The van der Waals surface area contributed by atoms with E-state index in [9.17, 15) is 20.3 Å². The molecule has 4 heterocycles. The van der Waals surface area contributed by atoms with Gasteiger partial charge in [0.1, 0.15) is 17.5 Å². The number of aromatic amines is 1. The molecule has 35 heavy (non-hydrogen) atoms. The Morgan fingerprint density at radius 1 is 1.23 bits per heavy atom. The summed E-state index contributed by atoms with van der Waals surface area (Å²) in [7, 11) is 0. The van der Waals surface area contributed by atoms with Crippen molar-refractivity contribution in [3.05, 3.63) is 52.4 Å². The third kappa shape index (κ3) is 3.72. The normalized spacial score (nSPS) is 15.5. The van der Waals surface area contributed by atoms with Crippen LogP contribution in [0.3, 0.4) is 0 Å². The van der Waals surface area contributed by atoms with E-state index in [1.165, 1.54) is 0 Å². The molecule has 4 aromatic rings. The number of carboxylic acid groups (broad SMARTS) is 1. The molecule has 0 bridgehead atoms. The fourth-order valence-electron chi connectivity index (χ4n) is 4.63. The van der Waals surface area contributed by atoms with Gasteiger partial charge in [-0.25, -0.2) is 15.0 Å². The second-order valence-electron chi connectivity index (χ2n) is 8.64. The molecule has 1 aliphatic heterocycles. The minimum Gasteiger partial charge on any atom is -0.508 e. The second-order valence-corrected chi connectivity index (χ2v) is 9.02. The van der Waals surface area contributed by atoms with Crippen molar-refractivity contribution in [2.45, 2.75) is 20.3 Å². The molecular formula is C25H21ClN6O3. The van der Waals surface area contributed by atoms with Crippen molar-refractivity contribution in [2.75, 3.05) is 18.0 Å². The summed E-state index contributed by atoms with van der Waals surface area (Å²) >= 11 is 6.76. The Kier molecular flexibility index (Phi) is 5.53. The van der Waals surface area contributed by atoms with Gasteiger partial charge in [-0.3, -0.25) is 4.79 Å². The summed E-state index contributed by atoms with van der Waals surface area (Å²) in [6.07, 6.45) is 5.39. The van der Waals surface area contributed by atoms with Crippen molar-refractivity contribution in [3.63, 3.8) is 0 Å². The van der Waals surface area contributed by atoms with Crippen LogP contribution in [0, 0.1) is 31.1 Å². The van der Waals surface area contributed by atoms with Crippen LogP contribution >= 0.6 is 11.6 Å². The number of H-pyrrole nitrogens is 1. The van der Waals surface area contributed by atoms with Crippen molar-refractivity contribution in [1.82, 2.24) is 19.9 Å². The number of aromatic hydroxyl groups is 1. The lowest BCUT2D eigenvalue weighted by Crippen LogP contribution is -2.24. The highest BCUT2D eigenvalue weighted by atomic mass is 35.5. The number of nitrogens with zero attached hydrogens (tertiary/aromatic N) is 5. The first-order valence-electron chi connectivity index (χ1n) is 11.0. The van der Waals surface area contributed by atoms with Crippen LogP contribution in [0.25, 0.3) is 33.4 Å². The molecule has 1 saturated heterocycles. The fraction of sp³-hybridized carbons (Fsp3) is 0.240. The molecule has 5 rings (SSSR count). The van der Waals surface area contributed by atoms with Gasteiger partial charge in [-0.05, 0) is 43.0 Å². The first-order chi connectivity index (χ1) is 16.8. The molecule has 0 aliphatic carbocycles. The van der Waals surface area contributed by atoms with Gasteiger partial charge in [0.05, 0.1) is 27.6 Å². The Balaban J connectivity index is 1.57. The number of fused-ring (bicyclic) bond motifs is 1. The van der Waals surface area contributed by atoms with E-state index in [1.807, 2.05) is 11.8 Å². The van der Waals surface area contributed by atoms with Crippen LogP contribution < -0.4 is 4.90 Å². The number of benzene rings is 1. The van der Waals surface area contributed by atoms with Crippen LogP contribution in [0.1, 0.15) is 23.1 Å². The largest absolute Gasteiger partial charge is 0.508 e. The standard InChI is InChI=1S/C25H21ClN6O3/c1-12-3-4-18(33)13(2)19(12)17-10-28-23-20(16(17)7-27)21(26)22(31-23)15-8-29-25(30-9-15)32-6-5-14(11-32)24(34)35/h3-4,8-10,14,33H,5-6,11H2,1-2H3,(H,28,31)(H,34,35)/t14-/m1/s1. The van der Waals surface area contributed by atoms with E-state index in [1.54, 1.807) is 37.6 Å². The Morgan fingerprint density at radius 3 is 2.63 bits per heavy atom. The number of aryl methyl sites for hydroxylation is 1. The number of nitriles is 1. The smallest absolute Gasteiger partial charge is 0.308 e. The third-order valence-corrected chi connectivity index (χ3v) is 6.91. The lowest BCUT2D eigenvalue weighted by molar-refractivity contribution is -0.140. The molecule has 10 heteroatoms. The maximum atomic E-state index is 11.2. The van der Waals surface area contributed by atoms with Gasteiger partial charge in [-0.2, -0.15) is 5.26 Å². The number of aliphatic carboxylic acids is 1. The van der Waals surface area contributed by atoms with Gasteiger partial charge in [0.15, 0.2) is 0 Å². The average Bonchev–Trinajstić information content (AvgIpc) is 3.47. The van der Waals surface area contributed by atoms with Gasteiger partial charge in [-0.15, -0.1) is 0 Å².